The second-order valence-electron chi connectivity index (χ2n) is 6.09. The fourth-order valence-corrected chi connectivity index (χ4v) is 4.46. The molecule has 1 N–H and O–H groups in total. The highest BCUT2D eigenvalue weighted by Crippen LogP contribution is 2.38. The standard InChI is InChI=1S/C15H18Cl2N3O3PS/c1-9(2)25(22,23)13-7-10(24(3,4)21)5-6-12(13)19-14-11(16)8-18-15(17)20-14/h5-9H,1-4H3,(H,18,19,20). The van der Waals surface area contributed by atoms with Crippen LogP contribution in [0, 0.1) is 0 Å². The summed E-state index contributed by atoms with van der Waals surface area (Å²) in [6, 6.07) is 4.62. The average molecular weight is 422 g/mol. The first-order valence-electron chi connectivity index (χ1n) is 7.31. The molecule has 0 atom stereocenters. The molecule has 0 radical (unpaired) electrons. The van der Waals surface area contributed by atoms with Crippen molar-refractivity contribution >= 4 is 57.0 Å². The molecule has 1 aromatic heterocycles. The molecule has 0 amide bonds. The minimum absolute atomic E-state index is 0.0246. The van der Waals surface area contributed by atoms with Gasteiger partial charge >= 0.3 is 0 Å². The van der Waals surface area contributed by atoms with Gasteiger partial charge in [0, 0.05) is 5.30 Å². The summed E-state index contributed by atoms with van der Waals surface area (Å²) in [4.78, 5) is 7.76. The van der Waals surface area contributed by atoms with Gasteiger partial charge in [-0.05, 0) is 57.0 Å². The molecule has 25 heavy (non-hydrogen) atoms. The smallest absolute Gasteiger partial charge is 0.224 e. The number of nitrogens with one attached hydrogen (secondary N) is 1. The molecule has 10 heteroatoms. The number of rotatable bonds is 5. The van der Waals surface area contributed by atoms with Crippen LogP contribution in [0.2, 0.25) is 10.3 Å². The van der Waals surface area contributed by atoms with Gasteiger partial charge in [-0.1, -0.05) is 11.6 Å². The van der Waals surface area contributed by atoms with E-state index in [1.165, 1.54) is 12.3 Å². The van der Waals surface area contributed by atoms with Crippen LogP contribution in [0.3, 0.4) is 0 Å². The number of benzene rings is 1. The van der Waals surface area contributed by atoms with Gasteiger partial charge in [0.1, 0.15) is 12.2 Å². The number of hydrogen-bond acceptors (Lipinski definition) is 6. The Kier molecular flexibility index (Phi) is 5.84. The third-order valence-corrected chi connectivity index (χ3v) is 7.65. The lowest BCUT2D eigenvalue weighted by molar-refractivity contribution is 0.588. The van der Waals surface area contributed by atoms with Gasteiger partial charge in [0.2, 0.25) is 5.28 Å². The Hall–Kier alpha value is -1.14. The summed E-state index contributed by atoms with van der Waals surface area (Å²) in [6.45, 7) is 6.33. The van der Waals surface area contributed by atoms with Crippen molar-refractivity contribution in [2.24, 2.45) is 0 Å². The summed E-state index contributed by atoms with van der Waals surface area (Å²) in [7, 11) is -6.27. The Morgan fingerprint density at radius 3 is 2.40 bits per heavy atom. The lowest BCUT2D eigenvalue weighted by atomic mass is 10.3. The fraction of sp³-hybridized carbons (Fsp3) is 0.333. The van der Waals surface area contributed by atoms with Crippen LogP contribution in [0.5, 0.6) is 0 Å². The summed E-state index contributed by atoms with van der Waals surface area (Å²) in [5.74, 6) is 0.186. The minimum atomic E-state index is -3.64. The molecule has 0 bridgehead atoms. The molecular weight excluding hydrogens is 404 g/mol. The molecule has 0 unspecified atom stereocenters. The van der Waals surface area contributed by atoms with Crippen LogP contribution in [0.25, 0.3) is 0 Å². The molecule has 1 heterocycles. The van der Waals surface area contributed by atoms with Crippen LogP contribution in [-0.4, -0.2) is 37.0 Å². The van der Waals surface area contributed by atoms with E-state index in [0.717, 1.165) is 0 Å². The van der Waals surface area contributed by atoms with E-state index in [-0.39, 0.29) is 26.7 Å². The fourth-order valence-electron chi connectivity index (χ4n) is 2.00. The number of nitrogens with zero attached hydrogens (tertiary/aromatic N) is 2. The van der Waals surface area contributed by atoms with E-state index in [9.17, 15) is 13.0 Å². The SMILES string of the molecule is CC(C)S(=O)(=O)c1cc(P(C)(C)=O)ccc1Nc1nc(Cl)ncc1Cl. The first-order valence-corrected chi connectivity index (χ1v) is 12.2. The van der Waals surface area contributed by atoms with Crippen molar-refractivity contribution in [3.05, 3.63) is 34.7 Å². The van der Waals surface area contributed by atoms with Crippen molar-refractivity contribution in [3.8, 4) is 0 Å². The molecular formula is C15H18Cl2N3O3PS. The van der Waals surface area contributed by atoms with Crippen LogP contribution >= 0.6 is 30.3 Å². The average Bonchev–Trinajstić information content (AvgIpc) is 2.50. The van der Waals surface area contributed by atoms with Gasteiger partial charge in [-0.15, -0.1) is 0 Å². The molecule has 136 valence electrons. The maximum absolute atomic E-state index is 12.8. The van der Waals surface area contributed by atoms with E-state index in [4.69, 9.17) is 23.2 Å². The van der Waals surface area contributed by atoms with E-state index >= 15 is 0 Å². The highest BCUT2D eigenvalue weighted by atomic mass is 35.5. The third-order valence-electron chi connectivity index (χ3n) is 3.48. The molecule has 0 saturated heterocycles. The zero-order chi connectivity index (χ0) is 19.0. The summed E-state index contributed by atoms with van der Waals surface area (Å²) in [5.41, 5.74) is 0.280. The second-order valence-corrected chi connectivity index (χ2v) is 12.5. The van der Waals surface area contributed by atoms with Crippen LogP contribution in [0.4, 0.5) is 11.5 Å². The number of aromatic nitrogens is 2. The molecule has 0 aliphatic rings. The summed E-state index contributed by atoms with van der Waals surface area (Å²) in [5, 5.41) is 2.88. The Morgan fingerprint density at radius 2 is 1.84 bits per heavy atom. The molecule has 2 rings (SSSR count). The normalized spacial score (nSPS) is 12.4. The van der Waals surface area contributed by atoms with Gasteiger partial charge in [0.25, 0.3) is 0 Å². The summed E-state index contributed by atoms with van der Waals surface area (Å²) in [6.07, 6.45) is 1.32. The first-order chi connectivity index (χ1) is 11.4. The molecule has 0 aliphatic heterocycles. The first kappa shape index (κ1) is 20.2. The van der Waals surface area contributed by atoms with E-state index < -0.39 is 22.2 Å². The number of hydrogen-bond donors (Lipinski definition) is 1. The topological polar surface area (TPSA) is 89.0 Å². The molecule has 2 aromatic rings. The molecule has 0 aliphatic carbocycles. The molecule has 0 fully saturated rings. The third kappa shape index (κ3) is 4.53. The zero-order valence-electron chi connectivity index (χ0n) is 14.1. The van der Waals surface area contributed by atoms with Crippen LogP contribution in [-0.2, 0) is 14.4 Å². The molecule has 1 aromatic carbocycles. The van der Waals surface area contributed by atoms with E-state index in [2.05, 4.69) is 15.3 Å². The number of sulfone groups is 1. The van der Waals surface area contributed by atoms with E-state index in [0.29, 0.717) is 5.30 Å². The van der Waals surface area contributed by atoms with Crippen molar-refractivity contribution in [3.63, 3.8) is 0 Å². The Balaban J connectivity index is 2.65. The number of anilines is 2. The van der Waals surface area contributed by atoms with Gasteiger partial charge in [-0.2, -0.15) is 4.98 Å². The lowest BCUT2D eigenvalue weighted by Crippen LogP contribution is -2.18. The minimum Gasteiger partial charge on any atom is -0.338 e. The predicted molar refractivity (Wildman–Crippen MR) is 103 cm³/mol. The van der Waals surface area contributed by atoms with E-state index in [1.807, 2.05) is 0 Å². The Bertz CT molecular complexity index is 958. The van der Waals surface area contributed by atoms with Gasteiger partial charge < -0.3 is 9.88 Å². The van der Waals surface area contributed by atoms with Crippen molar-refractivity contribution in [2.75, 3.05) is 18.6 Å². The highest BCUT2D eigenvalue weighted by molar-refractivity contribution is 7.92. The maximum atomic E-state index is 12.8. The zero-order valence-corrected chi connectivity index (χ0v) is 17.3. The Labute approximate surface area is 157 Å². The van der Waals surface area contributed by atoms with Gasteiger partial charge in [-0.25, -0.2) is 13.4 Å². The lowest BCUT2D eigenvalue weighted by Gasteiger charge is -2.17. The number of halogens is 2. The van der Waals surface area contributed by atoms with Crippen molar-refractivity contribution in [1.29, 1.82) is 0 Å². The van der Waals surface area contributed by atoms with Crippen molar-refractivity contribution in [1.82, 2.24) is 9.97 Å². The largest absolute Gasteiger partial charge is 0.338 e. The molecule has 6 nitrogen and oxygen atoms in total. The van der Waals surface area contributed by atoms with E-state index in [1.54, 1.807) is 39.3 Å². The monoisotopic (exact) mass is 421 g/mol. The van der Waals surface area contributed by atoms with Gasteiger partial charge in [0.15, 0.2) is 15.7 Å². The molecule has 0 saturated carbocycles. The van der Waals surface area contributed by atoms with Crippen molar-refractivity contribution in [2.45, 2.75) is 24.0 Å². The maximum Gasteiger partial charge on any atom is 0.224 e. The van der Waals surface area contributed by atoms with Crippen LogP contribution in [0.1, 0.15) is 13.8 Å². The van der Waals surface area contributed by atoms with Gasteiger partial charge in [-0.3, -0.25) is 0 Å². The van der Waals surface area contributed by atoms with Gasteiger partial charge in [0.05, 0.1) is 22.0 Å². The summed E-state index contributed by atoms with van der Waals surface area (Å²) >= 11 is 11.8. The van der Waals surface area contributed by atoms with Crippen LogP contribution < -0.4 is 10.6 Å². The Morgan fingerprint density at radius 1 is 1.20 bits per heavy atom. The second kappa shape index (κ2) is 7.23. The molecule has 0 spiro atoms. The predicted octanol–water partition coefficient (Wildman–Crippen LogP) is 3.96. The van der Waals surface area contributed by atoms with Crippen molar-refractivity contribution < 1.29 is 13.0 Å². The quantitative estimate of drug-likeness (QED) is 0.580. The highest BCUT2D eigenvalue weighted by Gasteiger charge is 2.26. The van der Waals surface area contributed by atoms with Crippen LogP contribution in [0.15, 0.2) is 29.3 Å². The summed E-state index contributed by atoms with van der Waals surface area (Å²) < 4.78 is 37.9.